The van der Waals surface area contributed by atoms with E-state index in [9.17, 15) is 9.59 Å². The van der Waals surface area contributed by atoms with E-state index in [0.717, 1.165) is 11.4 Å². The van der Waals surface area contributed by atoms with Crippen molar-refractivity contribution in [2.24, 2.45) is 0 Å². The molecule has 0 atom stereocenters. The van der Waals surface area contributed by atoms with Crippen molar-refractivity contribution in [2.75, 3.05) is 11.9 Å². The molecule has 0 radical (unpaired) electrons. The van der Waals surface area contributed by atoms with E-state index in [1.54, 1.807) is 6.08 Å². The average molecular weight is 257 g/mol. The van der Waals surface area contributed by atoms with Gasteiger partial charge in [0, 0.05) is 29.9 Å². The molecule has 0 saturated carbocycles. The number of benzene rings is 1. The molecule has 0 aromatic heterocycles. The molecule has 1 aliphatic heterocycles. The number of allylic oxidation sites excluding steroid dienone is 2. The zero-order chi connectivity index (χ0) is 14.2. The van der Waals surface area contributed by atoms with Crippen molar-refractivity contribution in [2.45, 2.75) is 32.6 Å². The lowest BCUT2D eigenvalue weighted by Gasteiger charge is -2.23. The minimum Gasteiger partial charge on any atom is -0.347 e. The van der Waals surface area contributed by atoms with Gasteiger partial charge in [0.2, 0.25) is 0 Å². The second-order valence-electron chi connectivity index (χ2n) is 5.58. The Balaban J connectivity index is 2.42. The van der Waals surface area contributed by atoms with Gasteiger partial charge in [-0.2, -0.15) is 0 Å². The fourth-order valence-corrected chi connectivity index (χ4v) is 2.71. The highest BCUT2D eigenvalue weighted by Gasteiger charge is 2.38. The number of hydrogen-bond donors (Lipinski definition) is 0. The van der Waals surface area contributed by atoms with E-state index in [0.29, 0.717) is 0 Å². The van der Waals surface area contributed by atoms with Gasteiger partial charge in [-0.1, -0.05) is 32.0 Å². The standard InChI is InChI=1S/C16H19NO2/c1-11(18)9-12(19)10-15-16(2,3)13-7-5-6-8-14(13)17(15)4/h5-8,10H,9H2,1-4H3/b15-10-. The smallest absolute Gasteiger partial charge is 0.164 e. The molecule has 100 valence electrons. The first-order valence-corrected chi connectivity index (χ1v) is 6.41. The highest BCUT2D eigenvalue weighted by atomic mass is 16.1. The zero-order valence-electron chi connectivity index (χ0n) is 11.9. The summed E-state index contributed by atoms with van der Waals surface area (Å²) in [7, 11) is 1.96. The number of Topliss-reactive ketones (excluding diaryl/α,β-unsaturated/α-hetero) is 1. The first-order chi connectivity index (χ1) is 8.84. The van der Waals surface area contributed by atoms with Gasteiger partial charge in [0.15, 0.2) is 5.78 Å². The molecule has 0 amide bonds. The molecule has 0 saturated heterocycles. The van der Waals surface area contributed by atoms with E-state index in [1.165, 1.54) is 12.5 Å². The lowest BCUT2D eigenvalue weighted by Crippen LogP contribution is -2.24. The maximum Gasteiger partial charge on any atom is 0.164 e. The number of likely N-dealkylation sites (N-methyl/N-ethyl adjacent to an activating group) is 1. The Bertz CT molecular complexity index is 570. The molecule has 1 aromatic carbocycles. The third kappa shape index (κ3) is 2.33. The van der Waals surface area contributed by atoms with Crippen LogP contribution in [0.4, 0.5) is 5.69 Å². The second kappa shape index (κ2) is 4.65. The Morgan fingerprint density at radius 1 is 1.26 bits per heavy atom. The van der Waals surface area contributed by atoms with E-state index in [1.807, 2.05) is 30.1 Å². The molecule has 3 heteroatoms. The van der Waals surface area contributed by atoms with Gasteiger partial charge in [0.1, 0.15) is 5.78 Å². The number of rotatable bonds is 3. The zero-order valence-corrected chi connectivity index (χ0v) is 11.9. The number of ketones is 2. The molecule has 1 aromatic rings. The van der Waals surface area contributed by atoms with Crippen molar-refractivity contribution < 1.29 is 9.59 Å². The highest BCUT2D eigenvalue weighted by Crippen LogP contribution is 2.46. The molecule has 3 nitrogen and oxygen atoms in total. The number of fused-ring (bicyclic) bond motifs is 1. The molecule has 0 unspecified atom stereocenters. The molecule has 1 heterocycles. The van der Waals surface area contributed by atoms with Gasteiger partial charge >= 0.3 is 0 Å². The predicted molar refractivity (Wildman–Crippen MR) is 76.3 cm³/mol. The van der Waals surface area contributed by atoms with Crippen LogP contribution in [0.2, 0.25) is 0 Å². The molecular weight excluding hydrogens is 238 g/mol. The van der Waals surface area contributed by atoms with Crippen LogP contribution >= 0.6 is 0 Å². The lowest BCUT2D eigenvalue weighted by atomic mass is 9.83. The van der Waals surface area contributed by atoms with E-state index < -0.39 is 0 Å². The van der Waals surface area contributed by atoms with E-state index in [4.69, 9.17) is 0 Å². The average Bonchev–Trinajstić information content (AvgIpc) is 2.51. The number of carbonyl (C=O) groups excluding carboxylic acids is 2. The fourth-order valence-electron chi connectivity index (χ4n) is 2.71. The monoisotopic (exact) mass is 257 g/mol. The van der Waals surface area contributed by atoms with E-state index in [2.05, 4.69) is 19.9 Å². The van der Waals surface area contributed by atoms with Crippen LogP contribution in [0.1, 0.15) is 32.8 Å². The summed E-state index contributed by atoms with van der Waals surface area (Å²) in [5.41, 5.74) is 3.06. The van der Waals surface area contributed by atoms with Crippen LogP contribution < -0.4 is 4.90 Å². The van der Waals surface area contributed by atoms with Crippen molar-refractivity contribution in [3.8, 4) is 0 Å². The first-order valence-electron chi connectivity index (χ1n) is 6.41. The normalized spacial score (nSPS) is 18.5. The Kier molecular flexibility index (Phi) is 3.31. The number of carbonyl (C=O) groups is 2. The number of para-hydroxylation sites is 1. The molecule has 1 aliphatic rings. The molecule has 0 fully saturated rings. The third-order valence-corrected chi connectivity index (χ3v) is 3.66. The molecule has 0 bridgehead atoms. The summed E-state index contributed by atoms with van der Waals surface area (Å²) in [5.74, 6) is -0.229. The first kappa shape index (κ1) is 13.5. The highest BCUT2D eigenvalue weighted by molar-refractivity contribution is 6.04. The molecule has 19 heavy (non-hydrogen) atoms. The lowest BCUT2D eigenvalue weighted by molar-refractivity contribution is -0.123. The number of hydrogen-bond acceptors (Lipinski definition) is 3. The van der Waals surface area contributed by atoms with Crippen LogP contribution in [0.15, 0.2) is 36.0 Å². The molecule has 2 rings (SSSR count). The maximum atomic E-state index is 11.9. The van der Waals surface area contributed by atoms with E-state index in [-0.39, 0.29) is 23.4 Å². The fraction of sp³-hybridized carbons (Fsp3) is 0.375. The summed E-state index contributed by atoms with van der Waals surface area (Å²) in [6.45, 7) is 5.64. The van der Waals surface area contributed by atoms with Crippen LogP contribution in [0, 0.1) is 0 Å². The van der Waals surface area contributed by atoms with Crippen molar-refractivity contribution in [3.63, 3.8) is 0 Å². The topological polar surface area (TPSA) is 37.4 Å². The molecule has 0 N–H and O–H groups in total. The largest absolute Gasteiger partial charge is 0.347 e. The van der Waals surface area contributed by atoms with Crippen LogP contribution in [-0.4, -0.2) is 18.6 Å². The number of anilines is 1. The predicted octanol–water partition coefficient (Wildman–Crippen LogP) is 2.85. The minimum absolute atomic E-state index is 0.0240. The molecule has 0 spiro atoms. The molecule has 0 aliphatic carbocycles. The van der Waals surface area contributed by atoms with Crippen LogP contribution in [-0.2, 0) is 15.0 Å². The summed E-state index contributed by atoms with van der Waals surface area (Å²) in [4.78, 5) is 24.9. The van der Waals surface area contributed by atoms with Gasteiger partial charge in [0.05, 0.1) is 6.42 Å². The Morgan fingerprint density at radius 2 is 1.89 bits per heavy atom. The van der Waals surface area contributed by atoms with Gasteiger partial charge in [0.25, 0.3) is 0 Å². The number of nitrogens with zero attached hydrogens (tertiary/aromatic N) is 1. The second-order valence-corrected chi connectivity index (χ2v) is 5.58. The van der Waals surface area contributed by atoms with Crippen molar-refractivity contribution >= 4 is 17.3 Å². The Morgan fingerprint density at radius 3 is 2.47 bits per heavy atom. The summed E-state index contributed by atoms with van der Waals surface area (Å²) < 4.78 is 0. The van der Waals surface area contributed by atoms with Crippen molar-refractivity contribution in [1.82, 2.24) is 0 Å². The maximum absolute atomic E-state index is 11.9. The van der Waals surface area contributed by atoms with Crippen LogP contribution in [0.5, 0.6) is 0 Å². The third-order valence-electron chi connectivity index (χ3n) is 3.66. The summed E-state index contributed by atoms with van der Waals surface area (Å²) >= 11 is 0. The van der Waals surface area contributed by atoms with Crippen LogP contribution in [0.25, 0.3) is 0 Å². The quantitative estimate of drug-likeness (QED) is 0.617. The van der Waals surface area contributed by atoms with Crippen molar-refractivity contribution in [3.05, 3.63) is 41.6 Å². The SMILES string of the molecule is CC(=O)CC(=O)/C=C1\N(C)c2ccccc2C1(C)C. The van der Waals surface area contributed by atoms with Gasteiger partial charge in [-0.15, -0.1) is 0 Å². The van der Waals surface area contributed by atoms with Crippen LogP contribution in [0.3, 0.4) is 0 Å². The Labute approximate surface area is 113 Å². The van der Waals surface area contributed by atoms with Gasteiger partial charge < -0.3 is 4.90 Å². The molecular formula is C16H19NO2. The summed E-state index contributed by atoms with van der Waals surface area (Å²) in [6.07, 6.45) is 1.59. The van der Waals surface area contributed by atoms with Gasteiger partial charge in [-0.3, -0.25) is 9.59 Å². The van der Waals surface area contributed by atoms with Crippen molar-refractivity contribution in [1.29, 1.82) is 0 Å². The Hall–Kier alpha value is -1.90. The van der Waals surface area contributed by atoms with Gasteiger partial charge in [-0.05, 0) is 18.6 Å². The van der Waals surface area contributed by atoms with E-state index >= 15 is 0 Å². The van der Waals surface area contributed by atoms with Gasteiger partial charge in [-0.25, -0.2) is 0 Å². The minimum atomic E-state index is -0.211. The summed E-state index contributed by atoms with van der Waals surface area (Å²) in [5, 5.41) is 0. The summed E-state index contributed by atoms with van der Waals surface area (Å²) in [6, 6.07) is 8.13.